The zero-order valence-electron chi connectivity index (χ0n) is 9.00. The zero-order chi connectivity index (χ0) is 11.7. The summed E-state index contributed by atoms with van der Waals surface area (Å²) in [5.74, 6) is 0.601. The van der Waals surface area contributed by atoms with Gasteiger partial charge < -0.3 is 4.98 Å². The Labute approximate surface area is 102 Å². The molecule has 3 nitrogen and oxygen atoms in total. The maximum Gasteiger partial charge on any atom is 0.254 e. The number of halogens is 1. The Balaban J connectivity index is 2.59. The van der Waals surface area contributed by atoms with Gasteiger partial charge in [0, 0.05) is 5.56 Å². The Kier molecular flexibility index (Phi) is 3.12. The zero-order valence-corrected chi connectivity index (χ0v) is 10.6. The number of H-pyrrole nitrogens is 1. The molecule has 0 aliphatic heterocycles. The molecule has 16 heavy (non-hydrogen) atoms. The number of hydrogen-bond donors (Lipinski definition) is 1. The summed E-state index contributed by atoms with van der Waals surface area (Å²) in [5, 5.41) is 0. The molecule has 1 N–H and O–H groups in total. The van der Waals surface area contributed by atoms with Crippen LogP contribution in [-0.4, -0.2) is 9.97 Å². The van der Waals surface area contributed by atoms with Gasteiger partial charge in [-0.05, 0) is 25.5 Å². The molecule has 0 radical (unpaired) electrons. The van der Waals surface area contributed by atoms with Crippen molar-refractivity contribution in [2.45, 2.75) is 20.3 Å². The lowest BCUT2D eigenvalue weighted by molar-refractivity contribution is 0.957. The van der Waals surface area contributed by atoms with Gasteiger partial charge in [0.25, 0.3) is 5.56 Å². The topological polar surface area (TPSA) is 45.8 Å². The molecule has 84 valence electrons. The first-order valence-corrected chi connectivity index (χ1v) is 6.16. The molecule has 0 fully saturated rings. The first-order valence-electron chi connectivity index (χ1n) is 4.97. The van der Waals surface area contributed by atoms with Gasteiger partial charge in [-0.2, -0.15) is 0 Å². The molecule has 0 aliphatic rings. The van der Waals surface area contributed by atoms with Crippen LogP contribution in [0.2, 0.25) is 4.34 Å². The van der Waals surface area contributed by atoms with E-state index in [0.29, 0.717) is 15.7 Å². The third kappa shape index (κ3) is 2.03. The number of nitrogens with zero attached hydrogens (tertiary/aromatic N) is 1. The molecular weight excluding hydrogens is 244 g/mol. The van der Waals surface area contributed by atoms with Crippen LogP contribution < -0.4 is 5.56 Å². The predicted molar refractivity (Wildman–Crippen MR) is 67.3 cm³/mol. The van der Waals surface area contributed by atoms with Crippen LogP contribution in [0.5, 0.6) is 0 Å². The van der Waals surface area contributed by atoms with Gasteiger partial charge in [-0.1, -0.05) is 18.5 Å². The van der Waals surface area contributed by atoms with E-state index < -0.39 is 0 Å². The van der Waals surface area contributed by atoms with Crippen molar-refractivity contribution in [3.05, 3.63) is 38.1 Å². The molecule has 0 atom stereocenters. The number of hydrogen-bond acceptors (Lipinski definition) is 3. The highest BCUT2D eigenvalue weighted by molar-refractivity contribution is 7.19. The van der Waals surface area contributed by atoms with E-state index in [1.54, 1.807) is 13.0 Å². The number of aryl methyl sites for hydroxylation is 1. The second kappa shape index (κ2) is 4.39. The van der Waals surface area contributed by atoms with E-state index in [1.165, 1.54) is 11.3 Å². The normalized spacial score (nSPS) is 10.7. The number of aromatic amines is 1. The van der Waals surface area contributed by atoms with Crippen molar-refractivity contribution in [3.63, 3.8) is 0 Å². The van der Waals surface area contributed by atoms with Gasteiger partial charge in [-0.15, -0.1) is 11.3 Å². The van der Waals surface area contributed by atoms with E-state index in [0.717, 1.165) is 17.0 Å². The Morgan fingerprint density at radius 2 is 2.25 bits per heavy atom. The van der Waals surface area contributed by atoms with Crippen LogP contribution in [0.25, 0.3) is 10.7 Å². The molecule has 2 aromatic rings. The lowest BCUT2D eigenvalue weighted by Gasteiger charge is -2.03. The van der Waals surface area contributed by atoms with Gasteiger partial charge in [-0.3, -0.25) is 4.79 Å². The molecule has 0 bridgehead atoms. The van der Waals surface area contributed by atoms with Crippen LogP contribution >= 0.6 is 22.9 Å². The van der Waals surface area contributed by atoms with Crippen LogP contribution in [0.15, 0.2) is 16.9 Å². The van der Waals surface area contributed by atoms with Crippen molar-refractivity contribution in [3.8, 4) is 10.7 Å². The molecule has 0 aromatic carbocycles. The largest absolute Gasteiger partial charge is 0.306 e. The molecule has 0 spiro atoms. The Morgan fingerprint density at radius 3 is 2.81 bits per heavy atom. The van der Waals surface area contributed by atoms with Gasteiger partial charge >= 0.3 is 0 Å². The van der Waals surface area contributed by atoms with E-state index in [1.807, 2.05) is 13.0 Å². The Bertz CT molecular complexity index is 574. The third-order valence-electron chi connectivity index (χ3n) is 2.39. The highest BCUT2D eigenvalue weighted by atomic mass is 35.5. The monoisotopic (exact) mass is 254 g/mol. The summed E-state index contributed by atoms with van der Waals surface area (Å²) in [6, 6.07) is 3.66. The second-order valence-electron chi connectivity index (χ2n) is 3.44. The van der Waals surface area contributed by atoms with Crippen LogP contribution in [0.3, 0.4) is 0 Å². The van der Waals surface area contributed by atoms with Crippen LogP contribution in [-0.2, 0) is 6.42 Å². The maximum atomic E-state index is 11.7. The summed E-state index contributed by atoms with van der Waals surface area (Å²) in [6.07, 6.45) is 0.752. The standard InChI is InChI=1S/C11H11ClN2OS/c1-3-7-6(2)11(15)14-10(13-7)8-4-5-9(12)16-8/h4-5H,3H2,1-2H3,(H,13,14,15). The Hall–Kier alpha value is -1.13. The maximum absolute atomic E-state index is 11.7. The van der Waals surface area contributed by atoms with E-state index >= 15 is 0 Å². The van der Waals surface area contributed by atoms with Crippen molar-refractivity contribution in [2.75, 3.05) is 0 Å². The fourth-order valence-corrected chi connectivity index (χ4v) is 2.47. The molecule has 2 aromatic heterocycles. The molecule has 2 heterocycles. The van der Waals surface area contributed by atoms with Crippen molar-refractivity contribution in [1.82, 2.24) is 9.97 Å². The van der Waals surface area contributed by atoms with Crippen LogP contribution in [0.4, 0.5) is 0 Å². The van der Waals surface area contributed by atoms with E-state index in [-0.39, 0.29) is 5.56 Å². The van der Waals surface area contributed by atoms with Gasteiger partial charge in [0.05, 0.1) is 14.9 Å². The van der Waals surface area contributed by atoms with Crippen LogP contribution in [0, 0.1) is 6.92 Å². The molecule has 0 saturated heterocycles. The first kappa shape index (κ1) is 11.4. The average Bonchev–Trinajstić information content (AvgIpc) is 2.69. The summed E-state index contributed by atoms with van der Waals surface area (Å²) < 4.78 is 0.691. The van der Waals surface area contributed by atoms with Gasteiger partial charge in [0.15, 0.2) is 5.82 Å². The molecular formula is C11H11ClN2OS. The molecule has 5 heteroatoms. The molecule has 0 aliphatic carbocycles. The van der Waals surface area contributed by atoms with Crippen molar-refractivity contribution >= 4 is 22.9 Å². The summed E-state index contributed by atoms with van der Waals surface area (Å²) in [6.45, 7) is 3.77. The number of nitrogens with one attached hydrogen (secondary N) is 1. The smallest absolute Gasteiger partial charge is 0.254 e. The highest BCUT2D eigenvalue weighted by Gasteiger charge is 2.09. The fourth-order valence-electron chi connectivity index (χ4n) is 1.48. The minimum absolute atomic E-state index is 0.0774. The third-order valence-corrected chi connectivity index (χ3v) is 3.63. The Morgan fingerprint density at radius 1 is 1.50 bits per heavy atom. The minimum Gasteiger partial charge on any atom is -0.306 e. The fraction of sp³-hybridized carbons (Fsp3) is 0.273. The van der Waals surface area contributed by atoms with Gasteiger partial charge in [-0.25, -0.2) is 4.98 Å². The van der Waals surface area contributed by atoms with E-state index in [2.05, 4.69) is 9.97 Å². The average molecular weight is 255 g/mol. The first-order chi connectivity index (χ1) is 7.61. The highest BCUT2D eigenvalue weighted by Crippen LogP contribution is 2.28. The second-order valence-corrected chi connectivity index (χ2v) is 5.16. The van der Waals surface area contributed by atoms with Crippen molar-refractivity contribution < 1.29 is 0 Å². The molecule has 0 amide bonds. The van der Waals surface area contributed by atoms with Crippen LogP contribution in [0.1, 0.15) is 18.2 Å². The molecule has 2 rings (SSSR count). The number of rotatable bonds is 2. The van der Waals surface area contributed by atoms with Crippen molar-refractivity contribution in [1.29, 1.82) is 0 Å². The summed E-state index contributed by atoms with van der Waals surface area (Å²) in [7, 11) is 0. The summed E-state index contributed by atoms with van der Waals surface area (Å²) in [4.78, 5) is 19.8. The van der Waals surface area contributed by atoms with Gasteiger partial charge in [0.2, 0.25) is 0 Å². The summed E-state index contributed by atoms with van der Waals surface area (Å²) in [5.41, 5.74) is 1.45. The minimum atomic E-state index is -0.0774. The SMILES string of the molecule is CCc1nc(-c2ccc(Cl)s2)[nH]c(=O)c1C. The summed E-state index contributed by atoms with van der Waals surface area (Å²) >= 11 is 7.26. The number of aromatic nitrogens is 2. The molecule has 0 saturated carbocycles. The lowest BCUT2D eigenvalue weighted by Crippen LogP contribution is -2.15. The number of thiophene rings is 1. The van der Waals surface area contributed by atoms with E-state index in [4.69, 9.17) is 11.6 Å². The molecule has 0 unspecified atom stereocenters. The van der Waals surface area contributed by atoms with Gasteiger partial charge in [0.1, 0.15) is 0 Å². The van der Waals surface area contributed by atoms with E-state index in [9.17, 15) is 4.79 Å². The lowest BCUT2D eigenvalue weighted by atomic mass is 10.2. The predicted octanol–water partition coefficient (Wildman–Crippen LogP) is 3.02. The van der Waals surface area contributed by atoms with Crippen molar-refractivity contribution in [2.24, 2.45) is 0 Å². The quantitative estimate of drug-likeness (QED) is 0.895.